The first kappa shape index (κ1) is 10.9. The highest BCUT2D eigenvalue weighted by atomic mass is 16.5. The monoisotopic (exact) mass is 235 g/mol. The molecule has 5 heteroatoms. The van der Waals surface area contributed by atoms with Gasteiger partial charge in [0.05, 0.1) is 30.9 Å². The van der Waals surface area contributed by atoms with Gasteiger partial charge in [-0.25, -0.2) is 9.97 Å². The Morgan fingerprint density at radius 3 is 2.82 bits per heavy atom. The average Bonchev–Trinajstić information content (AvgIpc) is 2.19. The molecule has 0 radical (unpaired) electrons. The molecule has 1 aromatic rings. The summed E-state index contributed by atoms with van der Waals surface area (Å²) < 4.78 is 10.4. The first-order chi connectivity index (χ1) is 8.22. The molecule has 2 aliphatic rings. The minimum atomic E-state index is 0.398. The van der Waals surface area contributed by atoms with Gasteiger partial charge in [0.15, 0.2) is 0 Å². The van der Waals surface area contributed by atoms with Gasteiger partial charge in [-0.1, -0.05) is 0 Å². The average molecular weight is 235 g/mol. The normalized spacial score (nSPS) is 21.2. The molecule has 1 aromatic heterocycles. The molecular weight excluding hydrogens is 218 g/mol. The number of aromatic nitrogens is 2. The summed E-state index contributed by atoms with van der Waals surface area (Å²) in [6, 6.07) is 0. The molecule has 0 atom stereocenters. The molecule has 3 rings (SSSR count). The SMILES string of the molecule is COCc1nc(N2CC3(COC3)C2)ncc1C. The van der Waals surface area contributed by atoms with E-state index in [4.69, 9.17) is 9.47 Å². The van der Waals surface area contributed by atoms with Gasteiger partial charge in [-0.2, -0.15) is 0 Å². The molecule has 3 heterocycles. The van der Waals surface area contributed by atoms with Crippen LogP contribution in [0.3, 0.4) is 0 Å². The third kappa shape index (κ3) is 1.79. The maximum atomic E-state index is 5.26. The van der Waals surface area contributed by atoms with E-state index in [1.165, 1.54) is 0 Å². The summed E-state index contributed by atoms with van der Waals surface area (Å²) >= 11 is 0. The zero-order valence-electron chi connectivity index (χ0n) is 10.3. The van der Waals surface area contributed by atoms with Crippen LogP contribution in [0.5, 0.6) is 0 Å². The molecule has 0 unspecified atom stereocenters. The summed E-state index contributed by atoms with van der Waals surface area (Å²) in [7, 11) is 1.69. The topological polar surface area (TPSA) is 47.5 Å². The highest BCUT2D eigenvalue weighted by molar-refractivity contribution is 5.39. The van der Waals surface area contributed by atoms with Gasteiger partial charge in [-0.3, -0.25) is 0 Å². The number of ether oxygens (including phenoxy) is 2. The van der Waals surface area contributed by atoms with Gasteiger partial charge in [0, 0.05) is 26.4 Å². The number of rotatable bonds is 3. The van der Waals surface area contributed by atoms with Crippen molar-refractivity contribution >= 4 is 5.95 Å². The van der Waals surface area contributed by atoms with Gasteiger partial charge in [0.25, 0.3) is 0 Å². The van der Waals surface area contributed by atoms with Crippen LogP contribution in [0.2, 0.25) is 0 Å². The van der Waals surface area contributed by atoms with Crippen LogP contribution in [0.15, 0.2) is 6.20 Å². The lowest BCUT2D eigenvalue weighted by Crippen LogP contribution is -2.66. The molecule has 2 saturated heterocycles. The Hall–Kier alpha value is -1.20. The van der Waals surface area contributed by atoms with E-state index in [1.807, 2.05) is 13.1 Å². The summed E-state index contributed by atoms with van der Waals surface area (Å²) in [6.07, 6.45) is 1.87. The van der Waals surface area contributed by atoms with Crippen LogP contribution < -0.4 is 4.90 Å². The molecule has 5 nitrogen and oxygen atoms in total. The highest BCUT2D eigenvalue weighted by Gasteiger charge is 2.49. The van der Waals surface area contributed by atoms with Crippen LogP contribution >= 0.6 is 0 Å². The van der Waals surface area contributed by atoms with Crippen molar-refractivity contribution in [1.82, 2.24) is 9.97 Å². The molecule has 17 heavy (non-hydrogen) atoms. The highest BCUT2D eigenvalue weighted by Crippen LogP contribution is 2.38. The molecule has 0 bridgehead atoms. The standard InChI is InChI=1S/C12H17N3O2/c1-9-3-13-11(14-10(9)4-16-2)15-5-12(6-15)7-17-8-12/h3H,4-8H2,1-2H3. The first-order valence-electron chi connectivity index (χ1n) is 5.87. The number of aryl methyl sites for hydroxylation is 1. The Morgan fingerprint density at radius 1 is 1.47 bits per heavy atom. The number of anilines is 1. The fraction of sp³-hybridized carbons (Fsp3) is 0.667. The summed E-state index contributed by atoms with van der Waals surface area (Å²) in [5, 5.41) is 0. The van der Waals surface area contributed by atoms with E-state index >= 15 is 0 Å². The van der Waals surface area contributed by atoms with Crippen molar-refractivity contribution in [1.29, 1.82) is 0 Å². The lowest BCUT2D eigenvalue weighted by Gasteiger charge is -2.54. The van der Waals surface area contributed by atoms with E-state index in [1.54, 1.807) is 7.11 Å². The Bertz CT molecular complexity index is 424. The number of hydrogen-bond donors (Lipinski definition) is 0. The predicted molar refractivity (Wildman–Crippen MR) is 62.9 cm³/mol. The molecule has 92 valence electrons. The molecule has 0 aliphatic carbocycles. The van der Waals surface area contributed by atoms with E-state index < -0.39 is 0 Å². The Labute approximate surface area is 101 Å². The van der Waals surface area contributed by atoms with Gasteiger partial charge in [-0.05, 0) is 12.5 Å². The quantitative estimate of drug-likeness (QED) is 0.774. The summed E-state index contributed by atoms with van der Waals surface area (Å²) in [5.41, 5.74) is 2.46. The van der Waals surface area contributed by atoms with Crippen molar-refractivity contribution < 1.29 is 9.47 Å². The van der Waals surface area contributed by atoms with E-state index in [-0.39, 0.29) is 0 Å². The van der Waals surface area contributed by atoms with Crippen LogP contribution in [0.1, 0.15) is 11.3 Å². The van der Waals surface area contributed by atoms with Crippen LogP contribution in [-0.2, 0) is 16.1 Å². The number of hydrogen-bond acceptors (Lipinski definition) is 5. The summed E-state index contributed by atoms with van der Waals surface area (Å²) in [4.78, 5) is 11.2. The lowest BCUT2D eigenvalue weighted by molar-refractivity contribution is -0.127. The number of methoxy groups -OCH3 is 1. The minimum Gasteiger partial charge on any atom is -0.380 e. The van der Waals surface area contributed by atoms with Gasteiger partial charge >= 0.3 is 0 Å². The van der Waals surface area contributed by atoms with E-state index in [0.717, 1.165) is 43.5 Å². The van der Waals surface area contributed by atoms with Crippen molar-refractivity contribution in [2.24, 2.45) is 5.41 Å². The van der Waals surface area contributed by atoms with E-state index in [2.05, 4.69) is 14.9 Å². The summed E-state index contributed by atoms with van der Waals surface area (Å²) in [5.74, 6) is 0.820. The predicted octanol–water partition coefficient (Wildman–Crippen LogP) is 0.768. The van der Waals surface area contributed by atoms with Crippen LogP contribution in [0.25, 0.3) is 0 Å². The fourth-order valence-corrected chi connectivity index (χ4v) is 2.38. The second kappa shape index (κ2) is 3.92. The maximum absolute atomic E-state index is 5.26. The van der Waals surface area contributed by atoms with E-state index in [9.17, 15) is 0 Å². The van der Waals surface area contributed by atoms with Gasteiger partial charge in [0.1, 0.15) is 0 Å². The van der Waals surface area contributed by atoms with Crippen molar-refractivity contribution in [3.05, 3.63) is 17.5 Å². The molecule has 1 spiro atoms. The molecular formula is C12H17N3O2. The smallest absolute Gasteiger partial charge is 0.225 e. The van der Waals surface area contributed by atoms with Crippen LogP contribution in [0, 0.1) is 12.3 Å². The Kier molecular flexibility index (Phi) is 2.52. The zero-order valence-corrected chi connectivity index (χ0v) is 10.3. The van der Waals surface area contributed by atoms with Crippen LogP contribution in [-0.4, -0.2) is 43.4 Å². The fourth-order valence-electron chi connectivity index (χ4n) is 2.38. The Morgan fingerprint density at radius 2 is 2.24 bits per heavy atom. The van der Waals surface area contributed by atoms with Crippen molar-refractivity contribution in [3.63, 3.8) is 0 Å². The van der Waals surface area contributed by atoms with Crippen LogP contribution in [0.4, 0.5) is 5.95 Å². The van der Waals surface area contributed by atoms with Gasteiger partial charge < -0.3 is 14.4 Å². The second-order valence-electron chi connectivity index (χ2n) is 5.08. The molecule has 0 saturated carbocycles. The second-order valence-corrected chi connectivity index (χ2v) is 5.08. The van der Waals surface area contributed by atoms with Crippen molar-refractivity contribution in [2.45, 2.75) is 13.5 Å². The molecule has 0 N–H and O–H groups in total. The Balaban J connectivity index is 1.73. The molecule has 0 aromatic carbocycles. The van der Waals surface area contributed by atoms with Gasteiger partial charge in [-0.15, -0.1) is 0 Å². The van der Waals surface area contributed by atoms with Crippen molar-refractivity contribution in [3.8, 4) is 0 Å². The molecule has 0 amide bonds. The minimum absolute atomic E-state index is 0.398. The number of nitrogens with zero attached hydrogens (tertiary/aromatic N) is 3. The van der Waals surface area contributed by atoms with Crippen molar-refractivity contribution in [2.75, 3.05) is 38.3 Å². The lowest BCUT2D eigenvalue weighted by atomic mass is 9.78. The third-order valence-corrected chi connectivity index (χ3v) is 3.50. The molecule has 2 fully saturated rings. The summed E-state index contributed by atoms with van der Waals surface area (Å²) in [6.45, 7) is 6.37. The van der Waals surface area contributed by atoms with E-state index in [0.29, 0.717) is 12.0 Å². The van der Waals surface area contributed by atoms with Gasteiger partial charge in [0.2, 0.25) is 5.95 Å². The largest absolute Gasteiger partial charge is 0.380 e. The maximum Gasteiger partial charge on any atom is 0.225 e. The first-order valence-corrected chi connectivity index (χ1v) is 5.87. The molecule has 2 aliphatic heterocycles. The zero-order chi connectivity index (χ0) is 11.9. The third-order valence-electron chi connectivity index (χ3n) is 3.50.